The van der Waals surface area contributed by atoms with Crippen molar-refractivity contribution in [3.63, 3.8) is 0 Å². The van der Waals surface area contributed by atoms with E-state index in [0.29, 0.717) is 6.54 Å². The zero-order valence-electron chi connectivity index (χ0n) is 13.6. The molecule has 2 N–H and O–H groups in total. The number of hydrogen-bond acceptors (Lipinski definition) is 4. The number of alkyl carbamates (subject to hydrolysis) is 1. The second-order valence-corrected chi connectivity index (χ2v) is 5.11. The third-order valence-corrected chi connectivity index (χ3v) is 3.37. The van der Waals surface area contributed by atoms with Crippen LogP contribution in [0.25, 0.3) is 6.08 Å². The molecule has 0 aliphatic carbocycles. The minimum Gasteiger partial charge on any atom is -0.497 e. The van der Waals surface area contributed by atoms with E-state index in [1.54, 1.807) is 7.11 Å². The fourth-order valence-electron chi connectivity index (χ4n) is 1.99. The highest BCUT2D eigenvalue weighted by Crippen LogP contribution is 2.12. The lowest BCUT2D eigenvalue weighted by Crippen LogP contribution is -2.24. The molecule has 2 aromatic carbocycles. The number of rotatable bonds is 7. The highest BCUT2D eigenvalue weighted by atomic mass is 16.5. The second-order valence-electron chi connectivity index (χ2n) is 5.11. The van der Waals surface area contributed by atoms with Crippen LogP contribution in [0.1, 0.15) is 16.7 Å². The van der Waals surface area contributed by atoms with Crippen molar-refractivity contribution in [2.45, 2.75) is 13.2 Å². The number of nitrogens with one attached hydrogen (secondary N) is 1. The van der Waals surface area contributed by atoms with E-state index in [-0.39, 0.29) is 13.2 Å². The molecule has 0 heterocycles. The first-order valence-corrected chi connectivity index (χ1v) is 7.61. The van der Waals surface area contributed by atoms with Crippen LogP contribution in [0.3, 0.4) is 0 Å². The van der Waals surface area contributed by atoms with Gasteiger partial charge in [-0.05, 0) is 28.8 Å². The summed E-state index contributed by atoms with van der Waals surface area (Å²) in [6.45, 7) is 0.622. The maximum atomic E-state index is 11.6. The van der Waals surface area contributed by atoms with Crippen molar-refractivity contribution in [3.05, 3.63) is 71.3 Å². The van der Waals surface area contributed by atoms with Gasteiger partial charge in [-0.3, -0.25) is 0 Å². The molecule has 126 valence electrons. The van der Waals surface area contributed by atoms with Gasteiger partial charge in [0.2, 0.25) is 0 Å². The van der Waals surface area contributed by atoms with Gasteiger partial charge >= 0.3 is 6.09 Å². The first-order chi connectivity index (χ1) is 11.7. The molecule has 1 amide bonds. The van der Waals surface area contributed by atoms with Crippen LogP contribution >= 0.6 is 0 Å². The van der Waals surface area contributed by atoms with Crippen molar-refractivity contribution in [1.29, 1.82) is 0 Å². The first kappa shape index (κ1) is 17.6. The Bertz CT molecular complexity index is 663. The topological polar surface area (TPSA) is 67.8 Å². The molecule has 0 unspecified atom stereocenters. The minimum atomic E-state index is -0.467. The first-order valence-electron chi connectivity index (χ1n) is 7.61. The molecular weight excluding hydrogens is 306 g/mol. The van der Waals surface area contributed by atoms with E-state index in [2.05, 4.69) is 5.32 Å². The minimum absolute atomic E-state index is 0.0333. The molecule has 0 radical (unpaired) electrons. The Morgan fingerprint density at radius 3 is 2.38 bits per heavy atom. The summed E-state index contributed by atoms with van der Waals surface area (Å²) in [6, 6.07) is 14.9. The fraction of sp³-hybridized carbons (Fsp3) is 0.211. The Labute approximate surface area is 141 Å². The zero-order valence-corrected chi connectivity index (χ0v) is 13.6. The van der Waals surface area contributed by atoms with Crippen molar-refractivity contribution < 1.29 is 19.4 Å². The van der Waals surface area contributed by atoms with Crippen LogP contribution in [0.4, 0.5) is 4.79 Å². The third-order valence-electron chi connectivity index (χ3n) is 3.37. The van der Waals surface area contributed by atoms with E-state index >= 15 is 0 Å². The maximum Gasteiger partial charge on any atom is 0.407 e. The lowest BCUT2D eigenvalue weighted by atomic mass is 10.1. The molecule has 0 atom stereocenters. The Balaban J connectivity index is 1.69. The quantitative estimate of drug-likeness (QED) is 0.820. The lowest BCUT2D eigenvalue weighted by molar-refractivity contribution is 0.140. The molecule has 24 heavy (non-hydrogen) atoms. The SMILES string of the molecule is COc1ccc(COC(=O)NCC=Cc2ccc(CO)cc2)cc1. The molecule has 0 aliphatic heterocycles. The molecule has 0 fully saturated rings. The predicted molar refractivity (Wildman–Crippen MR) is 92.6 cm³/mol. The van der Waals surface area contributed by atoms with E-state index in [0.717, 1.165) is 22.4 Å². The van der Waals surface area contributed by atoms with Crippen LogP contribution in [0, 0.1) is 0 Å². The van der Waals surface area contributed by atoms with E-state index in [9.17, 15) is 4.79 Å². The van der Waals surface area contributed by atoms with Gasteiger partial charge in [-0.1, -0.05) is 48.6 Å². The zero-order chi connectivity index (χ0) is 17.2. The number of aliphatic hydroxyl groups is 1. The fourth-order valence-corrected chi connectivity index (χ4v) is 1.99. The Morgan fingerprint density at radius 2 is 1.75 bits per heavy atom. The summed E-state index contributed by atoms with van der Waals surface area (Å²) < 4.78 is 10.2. The summed E-state index contributed by atoms with van der Waals surface area (Å²) in [7, 11) is 1.60. The average Bonchev–Trinajstić information content (AvgIpc) is 2.64. The van der Waals surface area contributed by atoms with Gasteiger partial charge in [-0.15, -0.1) is 0 Å². The smallest absolute Gasteiger partial charge is 0.407 e. The largest absolute Gasteiger partial charge is 0.497 e. The monoisotopic (exact) mass is 327 g/mol. The highest BCUT2D eigenvalue weighted by molar-refractivity contribution is 5.67. The lowest BCUT2D eigenvalue weighted by Gasteiger charge is -2.06. The summed E-state index contributed by atoms with van der Waals surface area (Å²) in [4.78, 5) is 11.6. The van der Waals surface area contributed by atoms with Crippen LogP contribution in [-0.4, -0.2) is 24.9 Å². The number of amides is 1. The highest BCUT2D eigenvalue weighted by Gasteiger charge is 2.01. The summed E-state index contributed by atoms with van der Waals surface area (Å²) >= 11 is 0. The van der Waals surface area contributed by atoms with Gasteiger partial charge in [0, 0.05) is 6.54 Å². The van der Waals surface area contributed by atoms with E-state index in [1.807, 2.05) is 60.7 Å². The Kier molecular flexibility index (Phi) is 6.86. The van der Waals surface area contributed by atoms with Crippen molar-refractivity contribution in [2.24, 2.45) is 0 Å². The summed E-state index contributed by atoms with van der Waals surface area (Å²) in [5.74, 6) is 0.764. The van der Waals surface area contributed by atoms with Crippen LogP contribution in [0.5, 0.6) is 5.75 Å². The number of carbonyl (C=O) groups excluding carboxylic acids is 1. The molecule has 0 spiro atoms. The van der Waals surface area contributed by atoms with Crippen molar-refractivity contribution in [2.75, 3.05) is 13.7 Å². The van der Waals surface area contributed by atoms with Crippen molar-refractivity contribution >= 4 is 12.2 Å². The molecule has 2 rings (SSSR count). The molecule has 2 aromatic rings. The molecular formula is C19H21NO4. The van der Waals surface area contributed by atoms with Gasteiger partial charge < -0.3 is 19.9 Å². The van der Waals surface area contributed by atoms with Crippen LogP contribution in [0.2, 0.25) is 0 Å². The Hall–Kier alpha value is -2.79. The average molecular weight is 327 g/mol. The van der Waals surface area contributed by atoms with Crippen LogP contribution < -0.4 is 10.1 Å². The summed E-state index contributed by atoms with van der Waals surface area (Å²) in [5.41, 5.74) is 2.76. The number of ether oxygens (including phenoxy) is 2. The molecule has 0 aliphatic rings. The van der Waals surface area contributed by atoms with E-state index in [4.69, 9.17) is 14.6 Å². The van der Waals surface area contributed by atoms with Gasteiger partial charge in [0.05, 0.1) is 13.7 Å². The number of benzene rings is 2. The van der Waals surface area contributed by atoms with Crippen molar-refractivity contribution in [1.82, 2.24) is 5.32 Å². The van der Waals surface area contributed by atoms with Gasteiger partial charge in [-0.2, -0.15) is 0 Å². The number of carbonyl (C=O) groups is 1. The molecule has 0 aromatic heterocycles. The molecule has 5 heteroatoms. The number of methoxy groups -OCH3 is 1. The van der Waals surface area contributed by atoms with Gasteiger partial charge in [0.25, 0.3) is 0 Å². The molecule has 0 bridgehead atoms. The van der Waals surface area contributed by atoms with E-state index < -0.39 is 6.09 Å². The predicted octanol–water partition coefficient (Wildman–Crippen LogP) is 3.13. The van der Waals surface area contributed by atoms with Gasteiger partial charge in [0.15, 0.2) is 0 Å². The maximum absolute atomic E-state index is 11.6. The van der Waals surface area contributed by atoms with Crippen LogP contribution in [-0.2, 0) is 18.0 Å². The Morgan fingerprint density at radius 1 is 1.08 bits per heavy atom. The van der Waals surface area contributed by atoms with Gasteiger partial charge in [-0.25, -0.2) is 4.79 Å². The number of aliphatic hydroxyl groups excluding tert-OH is 1. The van der Waals surface area contributed by atoms with Gasteiger partial charge in [0.1, 0.15) is 12.4 Å². The second kappa shape index (κ2) is 9.37. The summed E-state index contributed by atoms with van der Waals surface area (Å²) in [6.07, 6.45) is 3.26. The number of hydrogen-bond donors (Lipinski definition) is 2. The normalized spacial score (nSPS) is 10.6. The standard InChI is InChI=1S/C19H21NO4/c1-23-18-10-8-17(9-11-18)14-24-19(22)20-12-2-3-15-4-6-16(13-21)7-5-15/h2-11,21H,12-14H2,1H3,(H,20,22). The molecule has 0 saturated carbocycles. The third kappa shape index (κ3) is 5.78. The van der Waals surface area contributed by atoms with Crippen molar-refractivity contribution in [3.8, 4) is 5.75 Å². The van der Waals surface area contributed by atoms with Crippen LogP contribution in [0.15, 0.2) is 54.6 Å². The van der Waals surface area contributed by atoms with E-state index in [1.165, 1.54) is 0 Å². The molecule has 5 nitrogen and oxygen atoms in total. The molecule has 0 saturated heterocycles. The summed E-state index contributed by atoms with van der Waals surface area (Å²) in [5, 5.41) is 11.6.